The molecule has 0 amide bonds. The first-order valence-electron chi connectivity index (χ1n) is 4.41. The molecule has 3 nitrogen and oxygen atoms in total. The van der Waals surface area contributed by atoms with Gasteiger partial charge in [-0.1, -0.05) is 0 Å². The van der Waals surface area contributed by atoms with Gasteiger partial charge in [0.2, 0.25) is 0 Å². The zero-order valence-corrected chi connectivity index (χ0v) is 7.62. The van der Waals surface area contributed by atoms with E-state index < -0.39 is 0 Å². The van der Waals surface area contributed by atoms with E-state index in [9.17, 15) is 0 Å². The molecular formula is C9H15N3. The lowest BCUT2D eigenvalue weighted by molar-refractivity contribution is 0.510. The molecule has 12 heavy (non-hydrogen) atoms. The molecule has 0 bridgehead atoms. The van der Waals surface area contributed by atoms with Crippen molar-refractivity contribution in [1.82, 2.24) is 9.78 Å². The minimum absolute atomic E-state index is 0.241. The van der Waals surface area contributed by atoms with Gasteiger partial charge in [-0.25, -0.2) is 0 Å². The van der Waals surface area contributed by atoms with Crippen molar-refractivity contribution in [2.24, 2.45) is 12.8 Å². The van der Waals surface area contributed by atoms with Crippen LogP contribution >= 0.6 is 0 Å². The zero-order valence-electron chi connectivity index (χ0n) is 7.62. The maximum atomic E-state index is 5.95. The minimum atomic E-state index is 0.241. The largest absolute Gasteiger partial charge is 0.327 e. The van der Waals surface area contributed by atoms with Crippen LogP contribution in [-0.4, -0.2) is 15.8 Å². The first kappa shape index (κ1) is 7.80. The van der Waals surface area contributed by atoms with Crippen molar-refractivity contribution in [2.75, 3.05) is 0 Å². The highest BCUT2D eigenvalue weighted by atomic mass is 15.3. The topological polar surface area (TPSA) is 43.8 Å². The van der Waals surface area contributed by atoms with Gasteiger partial charge < -0.3 is 5.73 Å². The second kappa shape index (κ2) is 2.33. The molecule has 2 N–H and O–H groups in total. The summed E-state index contributed by atoms with van der Waals surface area (Å²) >= 11 is 0. The highest BCUT2D eigenvalue weighted by Crippen LogP contribution is 2.49. The lowest BCUT2D eigenvalue weighted by Gasteiger charge is -2.19. The molecule has 66 valence electrons. The molecule has 0 aromatic carbocycles. The summed E-state index contributed by atoms with van der Waals surface area (Å²) in [6.07, 6.45) is 4.27. The minimum Gasteiger partial charge on any atom is -0.327 e. The fraction of sp³-hybridized carbons (Fsp3) is 0.667. The van der Waals surface area contributed by atoms with Crippen molar-refractivity contribution in [3.05, 3.63) is 18.0 Å². The molecule has 3 heteroatoms. The van der Waals surface area contributed by atoms with E-state index in [0.717, 1.165) is 0 Å². The van der Waals surface area contributed by atoms with E-state index in [-0.39, 0.29) is 11.5 Å². The summed E-state index contributed by atoms with van der Waals surface area (Å²) in [5, 5.41) is 4.17. The van der Waals surface area contributed by atoms with Crippen LogP contribution in [0.3, 0.4) is 0 Å². The second-order valence-corrected chi connectivity index (χ2v) is 3.78. The fourth-order valence-corrected chi connectivity index (χ4v) is 1.94. The molecule has 1 fully saturated rings. The summed E-state index contributed by atoms with van der Waals surface area (Å²) in [4.78, 5) is 0. The van der Waals surface area contributed by atoms with E-state index in [1.807, 2.05) is 17.9 Å². The van der Waals surface area contributed by atoms with Crippen LogP contribution in [0, 0.1) is 0 Å². The number of rotatable bonds is 2. The van der Waals surface area contributed by atoms with Gasteiger partial charge in [0.15, 0.2) is 0 Å². The number of hydrogen-bond acceptors (Lipinski definition) is 2. The third-order valence-electron chi connectivity index (χ3n) is 2.99. The molecule has 0 saturated heterocycles. The standard InChI is InChI=1S/C9H15N3/c1-7(10)9(4-5-9)8-3-6-11-12(8)2/h3,6-7H,4-5,10H2,1-2H3. The first-order valence-corrected chi connectivity index (χ1v) is 4.41. The third kappa shape index (κ3) is 0.894. The quantitative estimate of drug-likeness (QED) is 0.704. The zero-order chi connectivity index (χ0) is 8.77. The third-order valence-corrected chi connectivity index (χ3v) is 2.99. The Morgan fingerprint density at radius 3 is 2.67 bits per heavy atom. The van der Waals surface area contributed by atoms with Crippen LogP contribution in [0.25, 0.3) is 0 Å². The molecule has 1 aromatic heterocycles. The van der Waals surface area contributed by atoms with Crippen molar-refractivity contribution < 1.29 is 0 Å². The predicted octanol–water partition coefficient (Wildman–Crippen LogP) is 0.799. The van der Waals surface area contributed by atoms with E-state index in [1.165, 1.54) is 18.5 Å². The lowest BCUT2D eigenvalue weighted by atomic mass is 9.95. The molecule has 2 rings (SSSR count). The highest BCUT2D eigenvalue weighted by molar-refractivity contribution is 5.27. The van der Waals surface area contributed by atoms with Crippen LogP contribution in [-0.2, 0) is 12.5 Å². The van der Waals surface area contributed by atoms with Gasteiger partial charge in [-0.05, 0) is 25.8 Å². The first-order chi connectivity index (χ1) is 5.67. The van der Waals surface area contributed by atoms with Crippen LogP contribution < -0.4 is 5.73 Å². The maximum Gasteiger partial charge on any atom is 0.0492 e. The highest BCUT2D eigenvalue weighted by Gasteiger charge is 2.49. The van der Waals surface area contributed by atoms with Gasteiger partial charge in [0.05, 0.1) is 0 Å². The molecule has 0 aliphatic heterocycles. The van der Waals surface area contributed by atoms with Gasteiger partial charge >= 0.3 is 0 Å². The van der Waals surface area contributed by atoms with E-state index in [0.29, 0.717) is 0 Å². The van der Waals surface area contributed by atoms with Gasteiger partial charge in [-0.3, -0.25) is 4.68 Å². The molecule has 1 saturated carbocycles. The van der Waals surface area contributed by atoms with Gasteiger partial charge in [0.1, 0.15) is 0 Å². The number of nitrogens with zero attached hydrogens (tertiary/aromatic N) is 2. The predicted molar refractivity (Wildman–Crippen MR) is 47.8 cm³/mol. The Hall–Kier alpha value is -0.830. The normalized spacial score (nSPS) is 22.2. The van der Waals surface area contributed by atoms with Gasteiger partial charge in [-0.15, -0.1) is 0 Å². The van der Waals surface area contributed by atoms with E-state index in [1.54, 1.807) is 0 Å². The van der Waals surface area contributed by atoms with Crippen molar-refractivity contribution >= 4 is 0 Å². The second-order valence-electron chi connectivity index (χ2n) is 3.78. The molecule has 1 unspecified atom stereocenters. The van der Waals surface area contributed by atoms with Crippen molar-refractivity contribution in [3.8, 4) is 0 Å². The average molecular weight is 165 g/mol. The molecule has 0 radical (unpaired) electrons. The Labute approximate surface area is 72.6 Å². The Morgan fingerprint density at radius 1 is 1.67 bits per heavy atom. The molecule has 1 heterocycles. The summed E-state index contributed by atoms with van der Waals surface area (Å²) in [6, 6.07) is 2.32. The van der Waals surface area contributed by atoms with E-state index in [4.69, 9.17) is 5.73 Å². The van der Waals surface area contributed by atoms with Gasteiger partial charge in [-0.2, -0.15) is 5.10 Å². The molecule has 1 aliphatic carbocycles. The summed E-state index contributed by atoms with van der Waals surface area (Å²) in [5.41, 5.74) is 7.48. The number of nitrogens with two attached hydrogens (primary N) is 1. The van der Waals surface area contributed by atoms with Gasteiger partial charge in [0, 0.05) is 30.4 Å². The smallest absolute Gasteiger partial charge is 0.0492 e. The van der Waals surface area contributed by atoms with Crippen LogP contribution in [0.15, 0.2) is 12.3 Å². The van der Waals surface area contributed by atoms with Crippen LogP contribution in [0.5, 0.6) is 0 Å². The van der Waals surface area contributed by atoms with Crippen molar-refractivity contribution in [3.63, 3.8) is 0 Å². The van der Waals surface area contributed by atoms with Crippen LogP contribution in [0.2, 0.25) is 0 Å². The number of aromatic nitrogens is 2. The summed E-state index contributed by atoms with van der Waals surface area (Å²) in [6.45, 7) is 2.08. The molecular weight excluding hydrogens is 150 g/mol. The summed E-state index contributed by atoms with van der Waals surface area (Å²) < 4.78 is 1.94. The fourth-order valence-electron chi connectivity index (χ4n) is 1.94. The SMILES string of the molecule is CC(N)C1(c2ccnn2C)CC1. The number of aryl methyl sites for hydroxylation is 1. The lowest BCUT2D eigenvalue weighted by Crippen LogP contribution is -2.33. The Balaban J connectivity index is 2.36. The average Bonchev–Trinajstić information content (AvgIpc) is 2.71. The Kier molecular flexibility index (Phi) is 1.51. The van der Waals surface area contributed by atoms with Crippen molar-refractivity contribution in [1.29, 1.82) is 0 Å². The molecule has 1 aromatic rings. The number of hydrogen-bond donors (Lipinski definition) is 1. The van der Waals surface area contributed by atoms with Crippen LogP contribution in [0.1, 0.15) is 25.5 Å². The maximum absolute atomic E-state index is 5.95. The van der Waals surface area contributed by atoms with Gasteiger partial charge in [0.25, 0.3) is 0 Å². The summed E-state index contributed by atoms with van der Waals surface area (Å²) in [5.74, 6) is 0. The van der Waals surface area contributed by atoms with E-state index >= 15 is 0 Å². The monoisotopic (exact) mass is 165 g/mol. The molecule has 1 atom stereocenters. The summed E-state index contributed by atoms with van der Waals surface area (Å²) in [7, 11) is 1.98. The molecule has 1 aliphatic rings. The van der Waals surface area contributed by atoms with E-state index in [2.05, 4.69) is 18.1 Å². The molecule has 0 spiro atoms. The Morgan fingerprint density at radius 2 is 2.33 bits per heavy atom. The van der Waals surface area contributed by atoms with Crippen molar-refractivity contribution in [2.45, 2.75) is 31.2 Å². The van der Waals surface area contributed by atoms with Crippen LogP contribution in [0.4, 0.5) is 0 Å². The Bertz CT molecular complexity index is 284.